The average Bonchev–Trinajstić information content (AvgIpc) is 2.79. The number of nitrogens with one attached hydrogen (secondary N) is 1. The van der Waals surface area contributed by atoms with Crippen LogP contribution < -0.4 is 14.9 Å². The Bertz CT molecular complexity index is 1000. The molecule has 5 heteroatoms. The zero-order valence-corrected chi connectivity index (χ0v) is 16.7. The van der Waals surface area contributed by atoms with Gasteiger partial charge in [-0.05, 0) is 35.7 Å². The van der Waals surface area contributed by atoms with Gasteiger partial charge in [-0.15, -0.1) is 6.58 Å². The van der Waals surface area contributed by atoms with Crippen LogP contribution in [0.2, 0.25) is 0 Å². The van der Waals surface area contributed by atoms with Gasteiger partial charge in [0.2, 0.25) is 0 Å². The molecule has 3 aromatic carbocycles. The number of amides is 1. The van der Waals surface area contributed by atoms with Crippen LogP contribution in [0.4, 0.5) is 0 Å². The van der Waals surface area contributed by atoms with Gasteiger partial charge in [0.25, 0.3) is 5.91 Å². The summed E-state index contributed by atoms with van der Waals surface area (Å²) in [6.07, 6.45) is 4.03. The van der Waals surface area contributed by atoms with Gasteiger partial charge in [-0.2, -0.15) is 5.10 Å². The maximum atomic E-state index is 12.1. The van der Waals surface area contributed by atoms with E-state index in [4.69, 9.17) is 9.47 Å². The number of rotatable bonds is 10. The van der Waals surface area contributed by atoms with Gasteiger partial charge in [-0.1, -0.05) is 66.7 Å². The molecule has 30 heavy (non-hydrogen) atoms. The van der Waals surface area contributed by atoms with Gasteiger partial charge in [0.1, 0.15) is 18.1 Å². The number of hydrazone groups is 1. The molecule has 0 aliphatic heterocycles. The lowest BCUT2D eigenvalue weighted by Gasteiger charge is -2.10. The molecule has 1 N–H and O–H groups in total. The highest BCUT2D eigenvalue weighted by Crippen LogP contribution is 2.19. The highest BCUT2D eigenvalue weighted by atomic mass is 16.5. The number of allylic oxidation sites excluding steroid dienone is 1. The SMILES string of the molecule is C=CCc1ccccc1OCC(=O)N/N=C/c1ccccc1OCc1ccccc1. The monoisotopic (exact) mass is 400 g/mol. The van der Waals surface area contributed by atoms with Crippen LogP contribution in [-0.4, -0.2) is 18.7 Å². The van der Waals surface area contributed by atoms with Crippen LogP contribution in [0.1, 0.15) is 16.7 Å². The molecule has 152 valence electrons. The molecule has 0 saturated heterocycles. The van der Waals surface area contributed by atoms with E-state index >= 15 is 0 Å². The molecule has 0 heterocycles. The zero-order valence-electron chi connectivity index (χ0n) is 16.7. The lowest BCUT2D eigenvalue weighted by molar-refractivity contribution is -0.123. The van der Waals surface area contributed by atoms with Crippen molar-refractivity contribution in [2.45, 2.75) is 13.0 Å². The van der Waals surface area contributed by atoms with Crippen molar-refractivity contribution in [2.75, 3.05) is 6.61 Å². The molecule has 0 atom stereocenters. The van der Waals surface area contributed by atoms with Crippen molar-refractivity contribution in [3.63, 3.8) is 0 Å². The molecular formula is C25H24N2O3. The number of benzene rings is 3. The summed E-state index contributed by atoms with van der Waals surface area (Å²) in [5.41, 5.74) is 5.31. The third-order valence-corrected chi connectivity index (χ3v) is 4.24. The van der Waals surface area contributed by atoms with Crippen LogP contribution in [0.3, 0.4) is 0 Å². The molecular weight excluding hydrogens is 376 g/mol. The fraction of sp³-hybridized carbons (Fsp3) is 0.120. The maximum Gasteiger partial charge on any atom is 0.277 e. The fourth-order valence-electron chi connectivity index (χ4n) is 2.77. The summed E-state index contributed by atoms with van der Waals surface area (Å²) in [7, 11) is 0. The van der Waals surface area contributed by atoms with Gasteiger partial charge in [-0.25, -0.2) is 5.43 Å². The summed E-state index contributed by atoms with van der Waals surface area (Å²) < 4.78 is 11.5. The molecule has 0 aliphatic carbocycles. The van der Waals surface area contributed by atoms with Crippen LogP contribution in [0.15, 0.2) is 96.6 Å². The van der Waals surface area contributed by atoms with Crippen molar-refractivity contribution in [1.82, 2.24) is 5.43 Å². The Kier molecular flexibility index (Phi) is 7.80. The van der Waals surface area contributed by atoms with E-state index in [1.54, 1.807) is 12.3 Å². The third-order valence-electron chi connectivity index (χ3n) is 4.24. The van der Waals surface area contributed by atoms with E-state index in [-0.39, 0.29) is 12.5 Å². The summed E-state index contributed by atoms with van der Waals surface area (Å²) in [6.45, 7) is 4.06. The number of hydrogen-bond donors (Lipinski definition) is 1. The lowest BCUT2D eigenvalue weighted by Crippen LogP contribution is -2.24. The summed E-state index contributed by atoms with van der Waals surface area (Å²) in [5, 5.41) is 4.03. The number of carbonyl (C=O) groups excluding carboxylic acids is 1. The van der Waals surface area contributed by atoms with E-state index in [9.17, 15) is 4.79 Å². The Hall–Kier alpha value is -3.86. The predicted octanol–water partition coefficient (Wildman–Crippen LogP) is 4.52. The van der Waals surface area contributed by atoms with Gasteiger partial charge >= 0.3 is 0 Å². The first kappa shape index (κ1) is 20.9. The van der Waals surface area contributed by atoms with Crippen molar-refractivity contribution in [3.05, 3.63) is 108 Å². The van der Waals surface area contributed by atoms with Crippen molar-refractivity contribution in [1.29, 1.82) is 0 Å². The summed E-state index contributed by atoms with van der Waals surface area (Å²) in [6, 6.07) is 25.0. The highest BCUT2D eigenvalue weighted by Gasteiger charge is 2.06. The van der Waals surface area contributed by atoms with Gasteiger partial charge in [0.05, 0.1) is 6.21 Å². The van der Waals surface area contributed by atoms with Crippen molar-refractivity contribution >= 4 is 12.1 Å². The van der Waals surface area contributed by atoms with Gasteiger partial charge in [-0.3, -0.25) is 4.79 Å². The van der Waals surface area contributed by atoms with E-state index in [2.05, 4.69) is 17.1 Å². The Morgan fingerprint density at radius 1 is 0.900 bits per heavy atom. The molecule has 0 unspecified atom stereocenters. The maximum absolute atomic E-state index is 12.1. The van der Waals surface area contributed by atoms with Gasteiger partial charge in [0, 0.05) is 5.56 Å². The Labute approximate surface area is 176 Å². The van der Waals surface area contributed by atoms with Crippen LogP contribution in [-0.2, 0) is 17.8 Å². The normalized spacial score (nSPS) is 10.5. The van der Waals surface area contributed by atoms with Crippen LogP contribution in [0.5, 0.6) is 11.5 Å². The molecule has 0 saturated carbocycles. The molecule has 0 aromatic heterocycles. The van der Waals surface area contributed by atoms with Gasteiger partial charge in [0.15, 0.2) is 6.61 Å². The molecule has 1 amide bonds. The summed E-state index contributed by atoms with van der Waals surface area (Å²) in [5.74, 6) is 1.01. The second-order valence-electron chi connectivity index (χ2n) is 6.49. The number of para-hydroxylation sites is 2. The molecule has 3 rings (SSSR count). The minimum absolute atomic E-state index is 0.127. The van der Waals surface area contributed by atoms with Gasteiger partial charge < -0.3 is 9.47 Å². The third kappa shape index (κ3) is 6.34. The highest BCUT2D eigenvalue weighted by molar-refractivity contribution is 5.85. The number of hydrogen-bond acceptors (Lipinski definition) is 4. The standard InChI is InChI=1S/C25H24N2O3/c1-2-10-21-13-6-8-15-23(21)30-19-25(28)27-26-17-22-14-7-9-16-24(22)29-18-20-11-4-3-5-12-20/h2-9,11-17H,1,10,18-19H2,(H,27,28)/b26-17+. The second kappa shape index (κ2) is 11.2. The predicted molar refractivity (Wildman–Crippen MR) is 119 cm³/mol. The van der Waals surface area contributed by atoms with E-state index in [1.165, 1.54) is 0 Å². The first-order valence-corrected chi connectivity index (χ1v) is 9.65. The zero-order chi connectivity index (χ0) is 21.0. The minimum atomic E-state index is -0.345. The quantitative estimate of drug-likeness (QED) is 0.309. The topological polar surface area (TPSA) is 59.9 Å². The summed E-state index contributed by atoms with van der Waals surface area (Å²) >= 11 is 0. The van der Waals surface area contributed by atoms with Crippen LogP contribution in [0.25, 0.3) is 0 Å². The average molecular weight is 400 g/mol. The first-order chi connectivity index (χ1) is 14.8. The van der Waals surface area contributed by atoms with E-state index in [0.29, 0.717) is 24.5 Å². The second-order valence-corrected chi connectivity index (χ2v) is 6.49. The lowest BCUT2D eigenvalue weighted by atomic mass is 10.1. The largest absolute Gasteiger partial charge is 0.488 e. The van der Waals surface area contributed by atoms with E-state index < -0.39 is 0 Å². The molecule has 0 aliphatic rings. The molecule has 3 aromatic rings. The van der Waals surface area contributed by atoms with Crippen molar-refractivity contribution in [3.8, 4) is 11.5 Å². The van der Waals surface area contributed by atoms with Crippen molar-refractivity contribution < 1.29 is 14.3 Å². The number of nitrogens with zero attached hydrogens (tertiary/aromatic N) is 1. The number of carbonyl (C=O) groups is 1. The number of ether oxygens (including phenoxy) is 2. The Morgan fingerprint density at radius 2 is 1.60 bits per heavy atom. The van der Waals surface area contributed by atoms with Crippen LogP contribution >= 0.6 is 0 Å². The summed E-state index contributed by atoms with van der Waals surface area (Å²) in [4.78, 5) is 12.1. The molecule has 0 radical (unpaired) electrons. The Balaban J connectivity index is 1.52. The molecule has 0 spiro atoms. The van der Waals surface area contributed by atoms with Crippen molar-refractivity contribution in [2.24, 2.45) is 5.10 Å². The van der Waals surface area contributed by atoms with Crippen LogP contribution in [0, 0.1) is 0 Å². The van der Waals surface area contributed by atoms with E-state index in [0.717, 1.165) is 16.7 Å². The first-order valence-electron chi connectivity index (χ1n) is 9.65. The van der Waals surface area contributed by atoms with E-state index in [1.807, 2.05) is 78.9 Å². The fourth-order valence-corrected chi connectivity index (χ4v) is 2.77. The molecule has 5 nitrogen and oxygen atoms in total. The molecule has 0 bridgehead atoms. The Morgan fingerprint density at radius 3 is 2.40 bits per heavy atom. The smallest absolute Gasteiger partial charge is 0.277 e. The minimum Gasteiger partial charge on any atom is -0.488 e. The molecule has 0 fully saturated rings.